The number of hydrogen-bond acceptors (Lipinski definition) is 7. The number of rotatable bonds is 5. The van der Waals surface area contributed by atoms with Gasteiger partial charge in [0.2, 0.25) is 0 Å². The van der Waals surface area contributed by atoms with Crippen LogP contribution < -0.4 is 5.73 Å². The van der Waals surface area contributed by atoms with Crippen LogP contribution in [0, 0.1) is 11.8 Å². The van der Waals surface area contributed by atoms with Crippen LogP contribution in [0.1, 0.15) is 72.1 Å². The number of fused-ring (bicyclic) bond motifs is 1. The summed E-state index contributed by atoms with van der Waals surface area (Å²) in [5, 5.41) is 0. The van der Waals surface area contributed by atoms with Gasteiger partial charge in [-0.1, -0.05) is 12.1 Å². The Morgan fingerprint density at radius 2 is 1.10 bits per heavy atom. The number of amides is 2. The molecule has 3 aliphatic heterocycles. The van der Waals surface area contributed by atoms with Gasteiger partial charge in [0, 0.05) is 37.5 Å². The van der Waals surface area contributed by atoms with Crippen molar-refractivity contribution >= 4 is 11.8 Å². The topological polar surface area (TPSA) is 100 Å². The molecule has 2 aliphatic carbocycles. The number of hydrogen-bond donors (Lipinski definition) is 1. The van der Waals surface area contributed by atoms with Gasteiger partial charge in [0.1, 0.15) is 0 Å². The van der Waals surface area contributed by atoms with Crippen LogP contribution >= 0.6 is 0 Å². The highest BCUT2D eigenvalue weighted by Gasteiger charge is 2.51. The molecule has 8 nitrogen and oxygen atoms in total. The quantitative estimate of drug-likeness (QED) is 0.413. The van der Waals surface area contributed by atoms with Crippen molar-refractivity contribution in [3.63, 3.8) is 0 Å². The lowest BCUT2D eigenvalue weighted by atomic mass is 9.81. The lowest BCUT2D eigenvalue weighted by Crippen LogP contribution is -2.47. The Hall–Kier alpha value is -2.12. The Kier molecular flexibility index (Phi) is 8.28. The molecule has 1 aromatic rings. The molecule has 0 bridgehead atoms. The van der Waals surface area contributed by atoms with Gasteiger partial charge in [0.15, 0.2) is 11.6 Å². The molecule has 2 saturated carbocycles. The molecule has 2 amide bonds. The van der Waals surface area contributed by atoms with Gasteiger partial charge >= 0.3 is 0 Å². The van der Waals surface area contributed by atoms with Crippen molar-refractivity contribution < 1.29 is 46.1 Å². The first-order chi connectivity index (χ1) is 19.0. The van der Waals surface area contributed by atoms with E-state index < -0.39 is 60.2 Å². The van der Waals surface area contributed by atoms with Crippen molar-refractivity contribution in [2.75, 3.05) is 39.5 Å². The molecular formula is C28H36F4N2O6. The molecule has 2 spiro atoms. The summed E-state index contributed by atoms with van der Waals surface area (Å²) in [7, 11) is 0. The minimum atomic E-state index is -3.13. The molecule has 0 unspecified atom stereocenters. The third-order valence-corrected chi connectivity index (χ3v) is 8.84. The molecule has 0 aromatic heterocycles. The largest absolute Gasteiger partial charge is 0.348 e. The van der Waals surface area contributed by atoms with Crippen molar-refractivity contribution in [1.82, 2.24) is 4.90 Å². The molecule has 0 atom stereocenters. The van der Waals surface area contributed by atoms with Crippen molar-refractivity contribution in [3.8, 4) is 0 Å². The van der Waals surface area contributed by atoms with E-state index in [-0.39, 0.29) is 24.0 Å². The Balaban J connectivity index is 0.000000184. The van der Waals surface area contributed by atoms with E-state index in [1.807, 2.05) is 0 Å². The molecule has 4 fully saturated rings. The van der Waals surface area contributed by atoms with E-state index in [4.69, 9.17) is 24.7 Å². The van der Waals surface area contributed by atoms with Crippen molar-refractivity contribution in [2.45, 2.75) is 74.8 Å². The van der Waals surface area contributed by atoms with Gasteiger partial charge in [-0.2, -0.15) is 0 Å². The van der Waals surface area contributed by atoms with Crippen LogP contribution in [-0.4, -0.2) is 79.7 Å². The van der Waals surface area contributed by atoms with Crippen LogP contribution in [0.4, 0.5) is 17.6 Å². The summed E-state index contributed by atoms with van der Waals surface area (Å²) >= 11 is 0. The molecule has 6 rings (SSSR count). The summed E-state index contributed by atoms with van der Waals surface area (Å²) in [6, 6.07) is 6.22. The highest BCUT2D eigenvalue weighted by atomic mass is 19.3. The lowest BCUT2D eigenvalue weighted by Gasteiger charge is -2.39. The minimum Gasteiger partial charge on any atom is -0.348 e. The van der Waals surface area contributed by atoms with E-state index >= 15 is 0 Å². The van der Waals surface area contributed by atoms with Crippen LogP contribution in [0.2, 0.25) is 0 Å². The summed E-state index contributed by atoms with van der Waals surface area (Å²) in [5.74, 6) is -9.92. The predicted octanol–water partition coefficient (Wildman–Crippen LogP) is 4.36. The fourth-order valence-corrected chi connectivity index (χ4v) is 6.42. The number of alkyl halides is 4. The second kappa shape index (κ2) is 11.3. The summed E-state index contributed by atoms with van der Waals surface area (Å²) in [6.07, 6.45) is 3.31. The van der Waals surface area contributed by atoms with Gasteiger partial charge in [-0.15, -0.1) is 0 Å². The average molecular weight is 573 g/mol. The van der Waals surface area contributed by atoms with Gasteiger partial charge in [-0.05, 0) is 37.8 Å². The van der Waals surface area contributed by atoms with Crippen LogP contribution in [0.15, 0.2) is 24.3 Å². The zero-order chi connectivity index (χ0) is 28.6. The zero-order valence-corrected chi connectivity index (χ0v) is 22.3. The number of benzene rings is 1. The van der Waals surface area contributed by atoms with Crippen molar-refractivity contribution in [1.29, 1.82) is 0 Å². The van der Waals surface area contributed by atoms with Crippen molar-refractivity contribution in [3.05, 3.63) is 35.4 Å². The normalized spacial score (nSPS) is 26.3. The molecule has 222 valence electrons. The first-order valence-corrected chi connectivity index (χ1v) is 14.0. The number of carbonyl (C=O) groups is 2. The molecule has 2 saturated heterocycles. The number of nitrogens with two attached hydrogens (primary N) is 1. The van der Waals surface area contributed by atoms with Crippen LogP contribution in [-0.2, 0) is 18.9 Å². The third kappa shape index (κ3) is 5.78. The van der Waals surface area contributed by atoms with E-state index in [0.29, 0.717) is 69.9 Å². The minimum absolute atomic E-state index is 0.193. The molecule has 0 radical (unpaired) electrons. The fourth-order valence-electron chi connectivity index (χ4n) is 6.42. The number of ether oxygens (including phenoxy) is 4. The van der Waals surface area contributed by atoms with Gasteiger partial charge in [-0.3, -0.25) is 14.5 Å². The standard InChI is InChI=1S/C18H19F2NO4.C10H17F2NO2/c19-18(20,12-5-7-17(8-6-12)24-9-10-25-17)11-21-15(22)13-3-1-2-4-14(13)16(21)23;11-10(12,7-13)8-1-3-9(4-2-8)14-5-6-15-9/h1-4,12H,5-11H2;8H,1-7,13H2. The second-order valence-corrected chi connectivity index (χ2v) is 11.2. The van der Waals surface area contributed by atoms with E-state index in [1.54, 1.807) is 12.1 Å². The predicted molar refractivity (Wildman–Crippen MR) is 134 cm³/mol. The van der Waals surface area contributed by atoms with Gasteiger partial charge < -0.3 is 24.7 Å². The molecular weight excluding hydrogens is 536 g/mol. The Morgan fingerprint density at radius 1 is 0.725 bits per heavy atom. The molecule has 40 heavy (non-hydrogen) atoms. The Morgan fingerprint density at radius 3 is 1.48 bits per heavy atom. The molecule has 2 N–H and O–H groups in total. The smallest absolute Gasteiger partial charge is 0.268 e. The highest BCUT2D eigenvalue weighted by Crippen LogP contribution is 2.45. The fraction of sp³-hybridized carbons (Fsp3) is 0.714. The monoisotopic (exact) mass is 572 g/mol. The SMILES string of the molecule is NCC(F)(F)C1CCC2(CC1)OCCO2.O=C1c2ccccc2C(=O)N1CC(F)(F)C1CCC2(CC1)OCCO2. The van der Waals surface area contributed by atoms with E-state index in [2.05, 4.69) is 0 Å². The van der Waals surface area contributed by atoms with Crippen LogP contribution in [0.5, 0.6) is 0 Å². The van der Waals surface area contributed by atoms with E-state index in [0.717, 1.165) is 0 Å². The number of carbonyl (C=O) groups excluding carboxylic acids is 2. The molecule has 5 aliphatic rings. The Bertz CT molecular complexity index is 1040. The van der Waals surface area contributed by atoms with Crippen LogP contribution in [0.25, 0.3) is 0 Å². The maximum Gasteiger partial charge on any atom is 0.268 e. The third-order valence-electron chi connectivity index (χ3n) is 8.84. The van der Waals surface area contributed by atoms with Crippen LogP contribution in [0.3, 0.4) is 0 Å². The second-order valence-electron chi connectivity index (χ2n) is 11.2. The highest BCUT2D eigenvalue weighted by molar-refractivity contribution is 6.21. The molecule has 12 heteroatoms. The number of nitrogens with zero attached hydrogens (tertiary/aromatic N) is 1. The average Bonchev–Trinajstić information content (AvgIpc) is 3.66. The summed E-state index contributed by atoms with van der Waals surface area (Å²) in [6.45, 7) is 0.715. The number of halogens is 4. The van der Waals surface area contributed by atoms with E-state index in [1.165, 1.54) is 12.1 Å². The maximum atomic E-state index is 14.8. The van der Waals surface area contributed by atoms with Gasteiger partial charge in [0.05, 0.1) is 50.6 Å². The lowest BCUT2D eigenvalue weighted by molar-refractivity contribution is -0.199. The Labute approximate surface area is 230 Å². The van der Waals surface area contributed by atoms with E-state index in [9.17, 15) is 27.2 Å². The number of imide groups is 1. The zero-order valence-electron chi connectivity index (χ0n) is 22.3. The summed E-state index contributed by atoms with van der Waals surface area (Å²) in [4.78, 5) is 25.3. The summed E-state index contributed by atoms with van der Waals surface area (Å²) in [5.41, 5.74) is 5.46. The van der Waals surface area contributed by atoms with Gasteiger partial charge in [-0.25, -0.2) is 17.6 Å². The van der Waals surface area contributed by atoms with Gasteiger partial charge in [0.25, 0.3) is 23.7 Å². The molecule has 3 heterocycles. The first-order valence-electron chi connectivity index (χ1n) is 14.0. The van der Waals surface area contributed by atoms with Crippen molar-refractivity contribution in [2.24, 2.45) is 17.6 Å². The maximum absolute atomic E-state index is 14.8. The summed E-state index contributed by atoms with van der Waals surface area (Å²) < 4.78 is 78.3. The molecule has 1 aromatic carbocycles. The first kappa shape index (κ1) is 29.4.